The summed E-state index contributed by atoms with van der Waals surface area (Å²) in [6.45, 7) is 2.21. The predicted molar refractivity (Wildman–Crippen MR) is 64.7 cm³/mol. The van der Waals surface area contributed by atoms with Crippen molar-refractivity contribution in [2.24, 2.45) is 0 Å². The topological polar surface area (TPSA) is 62.1 Å². The average Bonchev–Trinajstić information content (AvgIpc) is 2.36. The molecule has 1 rings (SSSR count). The van der Waals surface area contributed by atoms with Gasteiger partial charge >= 0.3 is 5.97 Å². The van der Waals surface area contributed by atoms with Crippen molar-refractivity contribution in [3.05, 3.63) is 42.0 Å². The van der Waals surface area contributed by atoms with Crippen molar-refractivity contribution < 1.29 is 9.53 Å². The molecule has 0 aliphatic rings. The molecule has 88 valence electrons. The minimum absolute atomic E-state index is 0.139. The molecule has 0 aromatic heterocycles. The standard InChI is InChI=1S/C13H14N2O2/c1-2-17-13(16)10-12(15-9-8-14)11-6-4-3-5-7-11/h3-7,10,15H,2,9H2,1H3/b12-10-. The van der Waals surface area contributed by atoms with Crippen molar-refractivity contribution in [3.63, 3.8) is 0 Å². The molecule has 0 aliphatic carbocycles. The number of nitrogens with one attached hydrogen (secondary N) is 1. The molecule has 0 saturated carbocycles. The Balaban J connectivity index is 2.88. The second kappa shape index (κ2) is 7.07. The monoisotopic (exact) mass is 230 g/mol. The first-order valence-corrected chi connectivity index (χ1v) is 5.32. The number of hydrogen-bond acceptors (Lipinski definition) is 4. The minimum Gasteiger partial charge on any atom is -0.463 e. The zero-order valence-corrected chi connectivity index (χ0v) is 9.64. The van der Waals surface area contributed by atoms with Gasteiger partial charge in [-0.1, -0.05) is 30.3 Å². The van der Waals surface area contributed by atoms with Crippen LogP contribution in [0.1, 0.15) is 12.5 Å². The van der Waals surface area contributed by atoms with Gasteiger partial charge in [-0.3, -0.25) is 0 Å². The quantitative estimate of drug-likeness (QED) is 0.475. The van der Waals surface area contributed by atoms with Gasteiger partial charge in [-0.2, -0.15) is 5.26 Å². The van der Waals surface area contributed by atoms with E-state index in [1.165, 1.54) is 6.08 Å². The van der Waals surface area contributed by atoms with Crippen LogP contribution in [0.3, 0.4) is 0 Å². The summed E-state index contributed by atoms with van der Waals surface area (Å²) in [5, 5.41) is 11.4. The predicted octanol–water partition coefficient (Wildman–Crippen LogP) is 1.70. The van der Waals surface area contributed by atoms with Gasteiger partial charge in [0, 0.05) is 11.8 Å². The zero-order chi connectivity index (χ0) is 12.5. The van der Waals surface area contributed by atoms with Crippen LogP contribution >= 0.6 is 0 Å². The number of ether oxygens (including phenoxy) is 1. The fourth-order valence-corrected chi connectivity index (χ4v) is 1.29. The number of rotatable bonds is 5. The third-order valence-corrected chi connectivity index (χ3v) is 1.99. The van der Waals surface area contributed by atoms with E-state index in [2.05, 4.69) is 5.32 Å². The number of hydrogen-bond donors (Lipinski definition) is 1. The van der Waals surface area contributed by atoms with E-state index in [4.69, 9.17) is 10.00 Å². The summed E-state index contributed by atoms with van der Waals surface area (Å²) in [5.74, 6) is -0.420. The maximum absolute atomic E-state index is 11.4. The Morgan fingerprint density at radius 1 is 1.47 bits per heavy atom. The lowest BCUT2D eigenvalue weighted by Gasteiger charge is -2.08. The molecular formula is C13H14N2O2. The van der Waals surface area contributed by atoms with Gasteiger partial charge in [-0.05, 0) is 12.5 Å². The molecule has 0 bridgehead atoms. The number of nitriles is 1. The lowest BCUT2D eigenvalue weighted by molar-refractivity contribution is -0.137. The van der Waals surface area contributed by atoms with Crippen molar-refractivity contribution in [1.82, 2.24) is 5.32 Å². The highest BCUT2D eigenvalue weighted by atomic mass is 16.5. The van der Waals surface area contributed by atoms with Crippen LogP contribution in [0, 0.1) is 11.3 Å². The molecule has 0 heterocycles. The number of esters is 1. The van der Waals surface area contributed by atoms with E-state index in [1.54, 1.807) is 6.92 Å². The van der Waals surface area contributed by atoms with Crippen LogP contribution in [0.4, 0.5) is 0 Å². The lowest BCUT2D eigenvalue weighted by atomic mass is 10.1. The summed E-state index contributed by atoms with van der Waals surface area (Å²) >= 11 is 0. The molecule has 1 N–H and O–H groups in total. The van der Waals surface area contributed by atoms with Crippen LogP contribution in [0.15, 0.2) is 36.4 Å². The van der Waals surface area contributed by atoms with E-state index in [9.17, 15) is 4.79 Å². The molecular weight excluding hydrogens is 216 g/mol. The maximum Gasteiger partial charge on any atom is 0.332 e. The van der Waals surface area contributed by atoms with Crippen LogP contribution in [-0.2, 0) is 9.53 Å². The van der Waals surface area contributed by atoms with Gasteiger partial charge in [-0.25, -0.2) is 4.79 Å². The van der Waals surface area contributed by atoms with Gasteiger partial charge in [0.15, 0.2) is 0 Å². The van der Waals surface area contributed by atoms with Gasteiger partial charge in [-0.15, -0.1) is 0 Å². The second-order valence-corrected chi connectivity index (χ2v) is 3.19. The number of carbonyl (C=O) groups excluding carboxylic acids is 1. The first-order valence-electron chi connectivity index (χ1n) is 5.32. The smallest absolute Gasteiger partial charge is 0.332 e. The van der Waals surface area contributed by atoms with Crippen LogP contribution in [-0.4, -0.2) is 19.1 Å². The van der Waals surface area contributed by atoms with Crippen molar-refractivity contribution in [1.29, 1.82) is 5.26 Å². The molecule has 1 aromatic carbocycles. The summed E-state index contributed by atoms with van der Waals surface area (Å²) in [5.41, 5.74) is 1.43. The molecule has 17 heavy (non-hydrogen) atoms. The molecule has 4 heteroatoms. The van der Waals surface area contributed by atoms with E-state index in [1.807, 2.05) is 36.4 Å². The van der Waals surface area contributed by atoms with Gasteiger partial charge < -0.3 is 10.1 Å². The SMILES string of the molecule is CCOC(=O)/C=C(\NCC#N)c1ccccc1. The van der Waals surface area contributed by atoms with Crippen molar-refractivity contribution >= 4 is 11.7 Å². The highest BCUT2D eigenvalue weighted by Crippen LogP contribution is 2.10. The van der Waals surface area contributed by atoms with Gasteiger partial charge in [0.2, 0.25) is 0 Å². The van der Waals surface area contributed by atoms with Crippen molar-refractivity contribution in [2.45, 2.75) is 6.92 Å². The zero-order valence-electron chi connectivity index (χ0n) is 9.64. The van der Waals surface area contributed by atoms with E-state index in [0.717, 1.165) is 5.56 Å². The Hall–Kier alpha value is -2.28. The van der Waals surface area contributed by atoms with E-state index in [-0.39, 0.29) is 6.54 Å². The molecule has 0 spiro atoms. The minimum atomic E-state index is -0.420. The van der Waals surface area contributed by atoms with E-state index < -0.39 is 5.97 Å². The second-order valence-electron chi connectivity index (χ2n) is 3.19. The molecule has 0 amide bonds. The normalized spacial score (nSPS) is 10.5. The fraction of sp³-hybridized carbons (Fsp3) is 0.231. The van der Waals surface area contributed by atoms with Crippen LogP contribution in [0.5, 0.6) is 0 Å². The molecule has 0 aliphatic heterocycles. The molecule has 0 unspecified atom stereocenters. The molecule has 0 fully saturated rings. The van der Waals surface area contributed by atoms with Gasteiger partial charge in [0.05, 0.1) is 12.7 Å². The summed E-state index contributed by atoms with van der Waals surface area (Å²) in [6, 6.07) is 11.3. The third kappa shape index (κ3) is 4.39. The molecule has 0 atom stereocenters. The van der Waals surface area contributed by atoms with Gasteiger partial charge in [0.25, 0.3) is 0 Å². The van der Waals surface area contributed by atoms with Crippen LogP contribution in [0.25, 0.3) is 5.70 Å². The molecule has 4 nitrogen and oxygen atoms in total. The van der Waals surface area contributed by atoms with Crippen LogP contribution < -0.4 is 5.32 Å². The van der Waals surface area contributed by atoms with E-state index in [0.29, 0.717) is 12.3 Å². The highest BCUT2D eigenvalue weighted by Gasteiger charge is 2.04. The number of nitrogens with zero attached hydrogens (tertiary/aromatic N) is 1. The average molecular weight is 230 g/mol. The van der Waals surface area contributed by atoms with E-state index >= 15 is 0 Å². The third-order valence-electron chi connectivity index (χ3n) is 1.99. The first kappa shape index (κ1) is 12.8. The Bertz CT molecular complexity index is 432. The largest absolute Gasteiger partial charge is 0.463 e. The molecule has 1 aromatic rings. The summed E-state index contributed by atoms with van der Waals surface area (Å²) in [4.78, 5) is 11.4. The number of benzene rings is 1. The fourth-order valence-electron chi connectivity index (χ4n) is 1.29. The molecule has 0 saturated heterocycles. The first-order chi connectivity index (χ1) is 8.27. The summed E-state index contributed by atoms with van der Waals surface area (Å²) in [6.07, 6.45) is 1.36. The van der Waals surface area contributed by atoms with Crippen molar-refractivity contribution in [2.75, 3.05) is 13.2 Å². The Labute approximate surface area is 101 Å². The summed E-state index contributed by atoms with van der Waals surface area (Å²) < 4.78 is 4.84. The Kier molecular flexibility index (Phi) is 5.32. The lowest BCUT2D eigenvalue weighted by Crippen LogP contribution is -2.14. The van der Waals surface area contributed by atoms with Gasteiger partial charge in [0.1, 0.15) is 6.54 Å². The Morgan fingerprint density at radius 2 is 2.18 bits per heavy atom. The van der Waals surface area contributed by atoms with Crippen molar-refractivity contribution in [3.8, 4) is 6.07 Å². The summed E-state index contributed by atoms with van der Waals surface area (Å²) in [7, 11) is 0. The maximum atomic E-state index is 11.4. The Morgan fingerprint density at radius 3 is 2.76 bits per heavy atom. The number of carbonyl (C=O) groups is 1. The highest BCUT2D eigenvalue weighted by molar-refractivity contribution is 5.90. The van der Waals surface area contributed by atoms with Crippen LogP contribution in [0.2, 0.25) is 0 Å². The molecule has 0 radical (unpaired) electrons.